The molecule has 5 rings (SSSR count). The highest BCUT2D eigenvalue weighted by atomic mass is 32.2. The maximum Gasteiger partial charge on any atom is 0.265 e. The summed E-state index contributed by atoms with van der Waals surface area (Å²) in [7, 11) is 0. The fourth-order valence-electron chi connectivity index (χ4n) is 3.82. The summed E-state index contributed by atoms with van der Waals surface area (Å²) in [5, 5.41) is 8.07. The molecule has 0 saturated carbocycles. The highest BCUT2D eigenvalue weighted by Gasteiger charge is 2.29. The Bertz CT molecular complexity index is 1430. The Balaban J connectivity index is 1.46. The van der Waals surface area contributed by atoms with Crippen molar-refractivity contribution in [1.82, 2.24) is 19.3 Å². The molecule has 3 heterocycles. The number of aromatic nitrogens is 4. The predicted molar refractivity (Wildman–Crippen MR) is 122 cm³/mol. The van der Waals surface area contributed by atoms with E-state index < -0.39 is 5.82 Å². The van der Waals surface area contributed by atoms with E-state index in [1.165, 1.54) is 41.7 Å². The molecule has 1 aliphatic heterocycles. The first-order valence-corrected chi connectivity index (χ1v) is 11.2. The lowest BCUT2D eigenvalue weighted by atomic mass is 10.1. The van der Waals surface area contributed by atoms with E-state index in [0.717, 1.165) is 11.3 Å². The summed E-state index contributed by atoms with van der Waals surface area (Å²) in [6.45, 7) is 4.07. The van der Waals surface area contributed by atoms with Crippen molar-refractivity contribution < 1.29 is 9.18 Å². The molecule has 4 aromatic rings. The number of benzene rings is 2. The number of nitrogens with one attached hydrogen (secondary N) is 1. The Kier molecular flexibility index (Phi) is 5.05. The number of halogens is 1. The molecule has 7 nitrogen and oxygen atoms in total. The van der Waals surface area contributed by atoms with E-state index >= 15 is 0 Å². The summed E-state index contributed by atoms with van der Waals surface area (Å²) in [4.78, 5) is 30.5. The van der Waals surface area contributed by atoms with Crippen LogP contribution in [0.15, 0.2) is 58.6 Å². The zero-order valence-electron chi connectivity index (χ0n) is 17.5. The molecule has 0 aliphatic carbocycles. The average molecular weight is 450 g/mol. The summed E-state index contributed by atoms with van der Waals surface area (Å²) >= 11 is 1.44. The predicted octanol–water partition coefficient (Wildman–Crippen LogP) is 4.01. The minimum atomic E-state index is -0.423. The number of fused-ring (bicyclic) bond motifs is 2. The van der Waals surface area contributed by atoms with E-state index in [1.807, 2.05) is 32.0 Å². The van der Waals surface area contributed by atoms with E-state index in [4.69, 9.17) is 4.98 Å². The monoisotopic (exact) mass is 449 g/mol. The van der Waals surface area contributed by atoms with Crippen LogP contribution in [-0.2, 0) is 4.79 Å². The fraction of sp³-hybridized carbons (Fsp3) is 0.217. The highest BCUT2D eigenvalue weighted by molar-refractivity contribution is 7.99. The number of carbonyl (C=O) groups is 1. The minimum absolute atomic E-state index is 0.0922. The minimum Gasteiger partial charge on any atom is -0.326 e. The third-order valence-corrected chi connectivity index (χ3v) is 6.73. The third-order valence-electron chi connectivity index (χ3n) is 5.64. The van der Waals surface area contributed by atoms with E-state index in [0.29, 0.717) is 27.6 Å². The average Bonchev–Trinajstić information content (AvgIpc) is 3.35. The molecule has 9 heteroatoms. The van der Waals surface area contributed by atoms with Crippen molar-refractivity contribution in [3.05, 3.63) is 76.0 Å². The number of amides is 1. The molecule has 1 N–H and O–H groups in total. The van der Waals surface area contributed by atoms with Crippen molar-refractivity contribution in [1.29, 1.82) is 0 Å². The van der Waals surface area contributed by atoms with Crippen molar-refractivity contribution in [2.75, 3.05) is 11.1 Å². The van der Waals surface area contributed by atoms with E-state index in [2.05, 4.69) is 10.4 Å². The molecule has 2 aromatic carbocycles. The van der Waals surface area contributed by atoms with Gasteiger partial charge in [-0.25, -0.2) is 14.1 Å². The third kappa shape index (κ3) is 3.58. The number of nitrogens with zero attached hydrogens (tertiary/aromatic N) is 4. The second-order valence-corrected chi connectivity index (χ2v) is 8.85. The maximum absolute atomic E-state index is 13.4. The summed E-state index contributed by atoms with van der Waals surface area (Å²) in [6.07, 6.45) is 1.62. The van der Waals surface area contributed by atoms with Crippen LogP contribution in [-0.4, -0.2) is 31.0 Å². The molecule has 32 heavy (non-hydrogen) atoms. The molecule has 1 aliphatic rings. The van der Waals surface area contributed by atoms with Crippen molar-refractivity contribution in [2.45, 2.75) is 31.5 Å². The Morgan fingerprint density at radius 1 is 1.22 bits per heavy atom. The molecule has 1 atom stereocenters. The lowest BCUT2D eigenvalue weighted by molar-refractivity contribution is -0.116. The summed E-state index contributed by atoms with van der Waals surface area (Å²) in [5.41, 5.74) is 3.82. The van der Waals surface area contributed by atoms with Crippen molar-refractivity contribution in [2.24, 2.45) is 0 Å². The zero-order chi connectivity index (χ0) is 22.4. The Morgan fingerprint density at radius 2 is 2.06 bits per heavy atom. The fourth-order valence-corrected chi connectivity index (χ4v) is 4.95. The van der Waals surface area contributed by atoms with E-state index in [-0.39, 0.29) is 23.9 Å². The van der Waals surface area contributed by atoms with Crippen LogP contribution in [0.25, 0.3) is 16.7 Å². The maximum atomic E-state index is 13.4. The molecule has 0 fully saturated rings. The molecule has 2 aromatic heterocycles. The van der Waals surface area contributed by atoms with Crippen LogP contribution in [0.5, 0.6) is 0 Å². The first-order valence-electron chi connectivity index (χ1n) is 10.2. The van der Waals surface area contributed by atoms with Crippen molar-refractivity contribution in [3.63, 3.8) is 0 Å². The van der Waals surface area contributed by atoms with Gasteiger partial charge in [0.1, 0.15) is 11.2 Å². The van der Waals surface area contributed by atoms with Crippen LogP contribution < -0.4 is 10.9 Å². The van der Waals surface area contributed by atoms with Gasteiger partial charge in [0, 0.05) is 17.9 Å². The van der Waals surface area contributed by atoms with Crippen LogP contribution in [0.4, 0.5) is 10.1 Å². The van der Waals surface area contributed by atoms with Gasteiger partial charge in [0.15, 0.2) is 10.8 Å². The summed E-state index contributed by atoms with van der Waals surface area (Å²) in [6, 6.07) is 11.4. The van der Waals surface area contributed by atoms with Crippen LogP contribution in [0.2, 0.25) is 0 Å². The standard InChI is InChI=1S/C23H20FN5O2S/c1-13-6-7-17(8-14(13)2)29-21-19(11-25-29)22(31)28-18(12-32-23(28)27-21)10-20(30)26-16-5-3-4-15(24)9-16/h3-9,11,18H,10,12H2,1-2H3,(H,26,30). The molecule has 0 bridgehead atoms. The van der Waals surface area contributed by atoms with Crippen LogP contribution >= 0.6 is 11.8 Å². The van der Waals surface area contributed by atoms with Gasteiger partial charge in [-0.15, -0.1) is 0 Å². The Morgan fingerprint density at radius 3 is 2.84 bits per heavy atom. The van der Waals surface area contributed by atoms with Crippen LogP contribution in [0, 0.1) is 19.7 Å². The number of aryl methyl sites for hydroxylation is 2. The molecule has 162 valence electrons. The molecule has 0 saturated heterocycles. The normalized spacial score (nSPS) is 15.2. The first-order chi connectivity index (χ1) is 15.4. The van der Waals surface area contributed by atoms with Gasteiger partial charge in [0.05, 0.1) is 17.9 Å². The lowest BCUT2D eigenvalue weighted by Gasteiger charge is -2.13. The molecule has 1 unspecified atom stereocenters. The zero-order valence-corrected chi connectivity index (χ0v) is 18.3. The number of hydrogen-bond donors (Lipinski definition) is 1. The number of anilines is 1. The molecule has 0 spiro atoms. The second kappa shape index (κ2) is 7.90. The van der Waals surface area contributed by atoms with Crippen molar-refractivity contribution in [3.8, 4) is 5.69 Å². The topological polar surface area (TPSA) is 81.8 Å². The molecular weight excluding hydrogens is 429 g/mol. The van der Waals surface area contributed by atoms with E-state index in [1.54, 1.807) is 15.3 Å². The first kappa shape index (κ1) is 20.4. The van der Waals surface area contributed by atoms with Gasteiger partial charge in [-0.2, -0.15) is 5.10 Å². The van der Waals surface area contributed by atoms with Gasteiger partial charge < -0.3 is 5.32 Å². The van der Waals surface area contributed by atoms with Crippen LogP contribution in [0.3, 0.4) is 0 Å². The number of rotatable bonds is 4. The van der Waals surface area contributed by atoms with Gasteiger partial charge in [-0.3, -0.25) is 14.2 Å². The number of hydrogen-bond acceptors (Lipinski definition) is 5. The SMILES string of the molecule is Cc1ccc(-n2ncc3c(=O)n4c(nc32)SCC4CC(=O)Nc2cccc(F)c2)cc1C. The smallest absolute Gasteiger partial charge is 0.265 e. The second-order valence-electron chi connectivity index (χ2n) is 7.86. The molecule has 1 amide bonds. The van der Waals surface area contributed by atoms with Gasteiger partial charge >= 0.3 is 0 Å². The van der Waals surface area contributed by atoms with E-state index in [9.17, 15) is 14.0 Å². The highest BCUT2D eigenvalue weighted by Crippen LogP contribution is 2.33. The molecule has 0 radical (unpaired) electrons. The van der Waals surface area contributed by atoms with Crippen LogP contribution in [0.1, 0.15) is 23.6 Å². The van der Waals surface area contributed by atoms with Gasteiger partial charge in [0.25, 0.3) is 5.56 Å². The van der Waals surface area contributed by atoms with Gasteiger partial charge in [-0.1, -0.05) is 23.9 Å². The molecular formula is C23H20FN5O2S. The number of thioether (sulfide) groups is 1. The largest absolute Gasteiger partial charge is 0.326 e. The summed E-state index contributed by atoms with van der Waals surface area (Å²) in [5.74, 6) is -0.150. The van der Waals surface area contributed by atoms with Crippen molar-refractivity contribution >= 4 is 34.4 Å². The lowest BCUT2D eigenvalue weighted by Crippen LogP contribution is -2.27. The number of carbonyl (C=O) groups excluding carboxylic acids is 1. The quantitative estimate of drug-likeness (QED) is 0.476. The van der Waals surface area contributed by atoms with Gasteiger partial charge in [-0.05, 0) is 55.3 Å². The summed E-state index contributed by atoms with van der Waals surface area (Å²) < 4.78 is 16.6. The Hall–Kier alpha value is -3.46. The Labute approximate surface area is 187 Å². The van der Waals surface area contributed by atoms with Gasteiger partial charge in [0.2, 0.25) is 5.91 Å².